The molecule has 0 spiro atoms. The molecule has 0 atom stereocenters. The smallest absolute Gasteiger partial charge is 0.329 e. The second kappa shape index (κ2) is 7.45. The van der Waals surface area contributed by atoms with Gasteiger partial charge in [-0.25, -0.2) is 4.79 Å². The molecule has 0 heterocycles. The predicted molar refractivity (Wildman–Crippen MR) is 64.4 cm³/mol. The summed E-state index contributed by atoms with van der Waals surface area (Å²) in [5, 5.41) is 1.90. The Morgan fingerprint density at radius 2 is 1.78 bits per heavy atom. The lowest BCUT2D eigenvalue weighted by Crippen LogP contribution is -2.47. The highest BCUT2D eigenvalue weighted by atomic mass is 19.4. The summed E-state index contributed by atoms with van der Waals surface area (Å²) in [5.74, 6) is 0.212. The number of likely N-dealkylation sites (N-methyl/N-ethyl adjacent to an activating group) is 1. The topological polar surface area (TPSA) is 35.6 Å². The fourth-order valence-corrected chi connectivity index (χ4v) is 1.32. The highest BCUT2D eigenvalue weighted by molar-refractivity contribution is 5.74. The number of urea groups is 1. The van der Waals surface area contributed by atoms with Crippen molar-refractivity contribution < 1.29 is 18.0 Å². The molecule has 0 aromatic carbocycles. The van der Waals surface area contributed by atoms with Crippen LogP contribution in [-0.2, 0) is 0 Å². The molecule has 0 aliphatic rings. The zero-order chi connectivity index (χ0) is 14.3. The monoisotopic (exact) mass is 269 g/mol. The molecule has 0 saturated carbocycles. The van der Waals surface area contributed by atoms with E-state index in [0.29, 0.717) is 19.6 Å². The first-order chi connectivity index (χ1) is 8.11. The van der Waals surface area contributed by atoms with Crippen molar-refractivity contribution in [1.82, 2.24) is 15.1 Å². The molecule has 18 heavy (non-hydrogen) atoms. The van der Waals surface area contributed by atoms with Crippen molar-refractivity contribution >= 4 is 6.03 Å². The minimum atomic E-state index is -4.37. The van der Waals surface area contributed by atoms with Gasteiger partial charge in [0.25, 0.3) is 0 Å². The molecule has 0 aromatic rings. The number of nitrogens with one attached hydrogen (secondary N) is 1. The number of alkyl halides is 3. The maximum absolute atomic E-state index is 12.0. The van der Waals surface area contributed by atoms with Crippen molar-refractivity contribution in [1.29, 1.82) is 0 Å². The summed E-state index contributed by atoms with van der Waals surface area (Å²) in [5.41, 5.74) is 0. The van der Waals surface area contributed by atoms with Crippen LogP contribution < -0.4 is 5.32 Å². The molecule has 0 aliphatic heterocycles. The van der Waals surface area contributed by atoms with Gasteiger partial charge in [-0.2, -0.15) is 13.2 Å². The maximum atomic E-state index is 12.0. The summed E-state index contributed by atoms with van der Waals surface area (Å²) in [6, 6.07) is -0.664. The van der Waals surface area contributed by atoms with E-state index < -0.39 is 18.8 Å². The molecule has 108 valence electrons. The molecule has 1 N–H and O–H groups in total. The molecule has 0 aliphatic carbocycles. The number of hydrogen-bond acceptors (Lipinski definition) is 2. The molecule has 0 radical (unpaired) electrons. The van der Waals surface area contributed by atoms with Crippen molar-refractivity contribution in [3.8, 4) is 0 Å². The van der Waals surface area contributed by atoms with Crippen LogP contribution in [0.2, 0.25) is 0 Å². The van der Waals surface area contributed by atoms with Gasteiger partial charge in [-0.05, 0) is 20.0 Å². The predicted octanol–water partition coefficient (Wildman–Crippen LogP) is 1.78. The van der Waals surface area contributed by atoms with Crippen molar-refractivity contribution in [2.45, 2.75) is 20.0 Å². The second-order valence-electron chi connectivity index (χ2n) is 4.92. The summed E-state index contributed by atoms with van der Waals surface area (Å²) < 4.78 is 36.0. The number of rotatable bonds is 6. The molecule has 0 fully saturated rings. The van der Waals surface area contributed by atoms with Crippen molar-refractivity contribution in [3.05, 3.63) is 0 Å². The van der Waals surface area contributed by atoms with Gasteiger partial charge in [0.2, 0.25) is 0 Å². The largest absolute Gasteiger partial charge is 0.405 e. The minimum absolute atomic E-state index is 0.212. The molecule has 0 unspecified atom stereocenters. The molecular formula is C11H22F3N3O. The zero-order valence-electron chi connectivity index (χ0n) is 11.3. The van der Waals surface area contributed by atoms with Crippen LogP contribution in [0.5, 0.6) is 0 Å². The lowest BCUT2D eigenvalue weighted by Gasteiger charge is -2.26. The van der Waals surface area contributed by atoms with E-state index in [1.807, 2.05) is 38.2 Å². The summed E-state index contributed by atoms with van der Waals surface area (Å²) in [6.45, 7) is 4.01. The zero-order valence-corrected chi connectivity index (χ0v) is 11.3. The fourth-order valence-electron chi connectivity index (χ4n) is 1.32. The fraction of sp³-hybridized carbons (Fsp3) is 0.909. The standard InChI is InChI=1S/C11H22F3N3O/c1-9(2)7-17(6-5-16(3)4)10(18)15-8-11(12,13)14/h9H,5-8H2,1-4H3,(H,15,18). The Bertz CT molecular complexity index is 254. The lowest BCUT2D eigenvalue weighted by molar-refractivity contribution is -0.123. The minimum Gasteiger partial charge on any atom is -0.329 e. The van der Waals surface area contributed by atoms with Crippen LogP contribution >= 0.6 is 0 Å². The van der Waals surface area contributed by atoms with Gasteiger partial charge in [0.05, 0.1) is 0 Å². The Morgan fingerprint density at radius 3 is 2.17 bits per heavy atom. The van der Waals surface area contributed by atoms with Gasteiger partial charge < -0.3 is 15.1 Å². The molecule has 0 rings (SSSR count). The second-order valence-corrected chi connectivity index (χ2v) is 4.92. The number of amides is 2. The number of hydrogen-bond donors (Lipinski definition) is 1. The third-order valence-corrected chi connectivity index (χ3v) is 2.13. The van der Waals surface area contributed by atoms with Gasteiger partial charge >= 0.3 is 12.2 Å². The summed E-state index contributed by atoms with van der Waals surface area (Å²) >= 11 is 0. The third kappa shape index (κ3) is 9.09. The highest BCUT2D eigenvalue weighted by Gasteiger charge is 2.28. The normalized spacial score (nSPS) is 12.1. The first-order valence-electron chi connectivity index (χ1n) is 5.86. The van der Waals surface area contributed by atoms with E-state index >= 15 is 0 Å². The number of carbonyl (C=O) groups excluding carboxylic acids is 1. The van der Waals surface area contributed by atoms with Crippen molar-refractivity contribution in [3.63, 3.8) is 0 Å². The highest BCUT2D eigenvalue weighted by Crippen LogP contribution is 2.12. The van der Waals surface area contributed by atoms with Gasteiger partial charge in [-0.3, -0.25) is 0 Å². The SMILES string of the molecule is CC(C)CN(CCN(C)C)C(=O)NCC(F)(F)F. The van der Waals surface area contributed by atoms with Gasteiger partial charge in [0.1, 0.15) is 6.54 Å². The first kappa shape index (κ1) is 17.0. The van der Waals surface area contributed by atoms with Crippen LogP contribution in [0.15, 0.2) is 0 Å². The summed E-state index contributed by atoms with van der Waals surface area (Å²) in [6.07, 6.45) is -4.37. The van der Waals surface area contributed by atoms with E-state index in [1.54, 1.807) is 0 Å². The van der Waals surface area contributed by atoms with Crippen molar-refractivity contribution in [2.75, 3.05) is 40.3 Å². The molecule has 7 heteroatoms. The molecular weight excluding hydrogens is 247 g/mol. The van der Waals surface area contributed by atoms with E-state index in [1.165, 1.54) is 4.90 Å². The molecule has 0 saturated heterocycles. The maximum Gasteiger partial charge on any atom is 0.405 e. The Labute approximate surface area is 106 Å². The Hall–Kier alpha value is -0.980. The first-order valence-corrected chi connectivity index (χ1v) is 5.86. The molecule has 2 amide bonds. The summed E-state index contributed by atoms with van der Waals surface area (Å²) in [7, 11) is 3.70. The van der Waals surface area contributed by atoms with E-state index in [2.05, 4.69) is 0 Å². The van der Waals surface area contributed by atoms with Gasteiger partial charge in [-0.15, -0.1) is 0 Å². The van der Waals surface area contributed by atoms with Gasteiger partial charge in [0.15, 0.2) is 0 Å². The van der Waals surface area contributed by atoms with Crippen LogP contribution in [0.25, 0.3) is 0 Å². The van der Waals surface area contributed by atoms with Crippen LogP contribution in [0.1, 0.15) is 13.8 Å². The van der Waals surface area contributed by atoms with Gasteiger partial charge in [0, 0.05) is 19.6 Å². The van der Waals surface area contributed by atoms with Crippen LogP contribution in [0.3, 0.4) is 0 Å². The number of halogens is 3. The Balaban J connectivity index is 4.31. The average Bonchev–Trinajstić information content (AvgIpc) is 2.19. The van der Waals surface area contributed by atoms with E-state index in [4.69, 9.17) is 0 Å². The Morgan fingerprint density at radius 1 is 1.22 bits per heavy atom. The molecule has 0 aromatic heterocycles. The van der Waals surface area contributed by atoms with E-state index in [0.717, 1.165) is 0 Å². The summed E-state index contributed by atoms with van der Waals surface area (Å²) in [4.78, 5) is 14.9. The third-order valence-electron chi connectivity index (χ3n) is 2.13. The molecule has 0 bridgehead atoms. The number of nitrogens with zero attached hydrogens (tertiary/aromatic N) is 2. The molecule has 4 nitrogen and oxygen atoms in total. The van der Waals surface area contributed by atoms with Crippen LogP contribution in [-0.4, -0.2) is 62.3 Å². The van der Waals surface area contributed by atoms with E-state index in [9.17, 15) is 18.0 Å². The number of carbonyl (C=O) groups is 1. The lowest BCUT2D eigenvalue weighted by atomic mass is 10.2. The van der Waals surface area contributed by atoms with Gasteiger partial charge in [-0.1, -0.05) is 13.8 Å². The van der Waals surface area contributed by atoms with Crippen LogP contribution in [0, 0.1) is 5.92 Å². The van der Waals surface area contributed by atoms with Crippen LogP contribution in [0.4, 0.5) is 18.0 Å². The average molecular weight is 269 g/mol. The van der Waals surface area contributed by atoms with E-state index in [-0.39, 0.29) is 5.92 Å². The Kier molecular flexibility index (Phi) is 7.05. The van der Waals surface area contributed by atoms with Crippen molar-refractivity contribution in [2.24, 2.45) is 5.92 Å². The quantitative estimate of drug-likeness (QED) is 0.798.